The summed E-state index contributed by atoms with van der Waals surface area (Å²) >= 11 is 0. The van der Waals surface area contributed by atoms with E-state index in [0.717, 1.165) is 12.8 Å². The van der Waals surface area contributed by atoms with Crippen molar-refractivity contribution in [2.24, 2.45) is 0 Å². The maximum atomic E-state index is 5.24. The molecule has 11 heavy (non-hydrogen) atoms. The lowest BCUT2D eigenvalue weighted by molar-refractivity contribution is 0.234. The third kappa shape index (κ3) is 2.62. The van der Waals surface area contributed by atoms with Crippen molar-refractivity contribution in [3.05, 3.63) is 12.1 Å². The molecule has 1 rings (SSSR count). The molecule has 0 aliphatic rings. The number of unbranched alkanes of at least 4 members (excludes halogenated alkanes) is 1. The maximum absolute atomic E-state index is 5.24. The first-order chi connectivity index (χ1) is 5.33. The average molecular weight is 155 g/mol. The Labute approximate surface area is 66.4 Å². The Morgan fingerprint density at radius 3 is 3.00 bits per heavy atom. The van der Waals surface area contributed by atoms with Crippen LogP contribution in [-0.4, -0.2) is 11.6 Å². The topological polar surface area (TPSA) is 35.3 Å². The third-order valence-corrected chi connectivity index (χ3v) is 1.34. The summed E-state index contributed by atoms with van der Waals surface area (Å²) in [4.78, 5) is 3.90. The molecule has 0 fully saturated rings. The molecule has 0 saturated carbocycles. The summed E-state index contributed by atoms with van der Waals surface area (Å²) in [5.74, 6) is 1.17. The molecule has 1 aromatic rings. The lowest BCUT2D eigenvalue weighted by atomic mass is 10.4. The Morgan fingerprint density at radius 1 is 1.64 bits per heavy atom. The minimum atomic E-state index is 0.524. The maximum Gasteiger partial charge on any atom is 0.305 e. The van der Waals surface area contributed by atoms with E-state index >= 15 is 0 Å². The highest BCUT2D eigenvalue weighted by atomic mass is 16.6. The quantitative estimate of drug-likeness (QED) is 0.625. The molecule has 0 N–H and O–H groups in total. The van der Waals surface area contributed by atoms with Crippen molar-refractivity contribution in [1.29, 1.82) is 0 Å². The Kier molecular flexibility index (Phi) is 2.95. The summed E-state index contributed by atoms with van der Waals surface area (Å²) in [6.07, 6.45) is 3.79. The summed E-state index contributed by atoms with van der Waals surface area (Å²) in [5, 5.41) is 0. The molecule has 0 bridgehead atoms. The fourth-order valence-electron chi connectivity index (χ4n) is 0.726. The number of nitrogens with zero attached hydrogens (tertiary/aromatic N) is 1. The third-order valence-electron chi connectivity index (χ3n) is 1.34. The average Bonchev–Trinajstić information content (AvgIpc) is 2.37. The summed E-state index contributed by atoms with van der Waals surface area (Å²) < 4.78 is 10.3. The Hall–Kier alpha value is -0.990. The van der Waals surface area contributed by atoms with E-state index in [1.165, 1.54) is 0 Å². The molecule has 0 aliphatic heterocycles. The van der Waals surface area contributed by atoms with Gasteiger partial charge >= 0.3 is 5.95 Å². The largest absolute Gasteiger partial charge is 0.464 e. The summed E-state index contributed by atoms with van der Waals surface area (Å²) in [5.41, 5.74) is 0. The number of hydrogen-bond donors (Lipinski definition) is 0. The van der Waals surface area contributed by atoms with Crippen LogP contribution in [0.2, 0.25) is 0 Å². The fourth-order valence-corrected chi connectivity index (χ4v) is 0.726. The molecule has 0 amide bonds. The van der Waals surface area contributed by atoms with Crippen LogP contribution in [0.15, 0.2) is 10.6 Å². The smallest absolute Gasteiger partial charge is 0.305 e. The van der Waals surface area contributed by atoms with Gasteiger partial charge in [0.2, 0.25) is 0 Å². The number of hydrogen-bond acceptors (Lipinski definition) is 3. The van der Waals surface area contributed by atoms with E-state index in [1.807, 2.05) is 0 Å². The molecular formula is C8H13NO2. The van der Waals surface area contributed by atoms with Crippen LogP contribution >= 0.6 is 0 Å². The molecule has 0 aliphatic carbocycles. The predicted molar refractivity (Wildman–Crippen MR) is 41.6 cm³/mol. The van der Waals surface area contributed by atoms with Crippen molar-refractivity contribution in [3.8, 4) is 5.95 Å². The van der Waals surface area contributed by atoms with Crippen LogP contribution in [-0.2, 0) is 0 Å². The highest BCUT2D eigenvalue weighted by molar-refractivity contribution is 4.98. The van der Waals surface area contributed by atoms with Crippen LogP contribution in [0.4, 0.5) is 0 Å². The first kappa shape index (κ1) is 8.11. The lowest BCUT2D eigenvalue weighted by Gasteiger charge is -1.98. The Bertz CT molecular complexity index is 208. The van der Waals surface area contributed by atoms with Crippen LogP contribution < -0.4 is 4.74 Å². The molecule has 1 heterocycles. The van der Waals surface area contributed by atoms with E-state index in [-0.39, 0.29) is 0 Å². The number of oxazole rings is 1. The van der Waals surface area contributed by atoms with Gasteiger partial charge in [-0.15, -0.1) is 0 Å². The zero-order chi connectivity index (χ0) is 8.10. The summed E-state index contributed by atoms with van der Waals surface area (Å²) in [7, 11) is 0. The van der Waals surface area contributed by atoms with E-state index in [1.54, 1.807) is 13.1 Å². The van der Waals surface area contributed by atoms with Gasteiger partial charge in [0.15, 0.2) is 5.89 Å². The van der Waals surface area contributed by atoms with E-state index in [4.69, 9.17) is 9.15 Å². The molecule has 62 valence electrons. The van der Waals surface area contributed by atoms with Crippen molar-refractivity contribution in [1.82, 2.24) is 4.98 Å². The molecule has 0 atom stereocenters. The van der Waals surface area contributed by atoms with Gasteiger partial charge in [0, 0.05) is 6.92 Å². The highest BCUT2D eigenvalue weighted by Gasteiger charge is 1.98. The van der Waals surface area contributed by atoms with Gasteiger partial charge in [0.05, 0.1) is 6.61 Å². The van der Waals surface area contributed by atoms with Gasteiger partial charge in [-0.25, -0.2) is 4.98 Å². The van der Waals surface area contributed by atoms with Gasteiger partial charge in [0.1, 0.15) is 6.20 Å². The van der Waals surface area contributed by atoms with E-state index in [9.17, 15) is 0 Å². The van der Waals surface area contributed by atoms with Crippen LogP contribution in [0.5, 0.6) is 5.95 Å². The molecule has 0 saturated heterocycles. The van der Waals surface area contributed by atoms with Gasteiger partial charge in [-0.05, 0) is 6.42 Å². The number of ether oxygens (including phenoxy) is 1. The predicted octanol–water partition coefficient (Wildman–Crippen LogP) is 2.16. The molecule has 0 spiro atoms. The molecule has 3 nitrogen and oxygen atoms in total. The normalized spacial score (nSPS) is 10.0. The molecular weight excluding hydrogens is 142 g/mol. The minimum Gasteiger partial charge on any atom is -0.464 e. The van der Waals surface area contributed by atoms with Gasteiger partial charge < -0.3 is 9.15 Å². The second kappa shape index (κ2) is 4.01. The second-order valence-corrected chi connectivity index (χ2v) is 2.40. The fraction of sp³-hybridized carbons (Fsp3) is 0.625. The number of aromatic nitrogens is 1. The monoisotopic (exact) mass is 155 g/mol. The number of aryl methyl sites for hydroxylation is 1. The Morgan fingerprint density at radius 2 is 2.45 bits per heavy atom. The molecule has 1 aromatic heterocycles. The molecule has 0 unspecified atom stereocenters. The SMILES string of the molecule is CCCCOc1cnc(C)o1. The number of rotatable bonds is 4. The van der Waals surface area contributed by atoms with Crippen LogP contribution in [0.3, 0.4) is 0 Å². The van der Waals surface area contributed by atoms with Crippen molar-refractivity contribution in [3.63, 3.8) is 0 Å². The van der Waals surface area contributed by atoms with Gasteiger partial charge in [-0.2, -0.15) is 0 Å². The second-order valence-electron chi connectivity index (χ2n) is 2.40. The highest BCUT2D eigenvalue weighted by Crippen LogP contribution is 2.11. The van der Waals surface area contributed by atoms with Crippen LogP contribution in [0, 0.1) is 6.92 Å². The van der Waals surface area contributed by atoms with E-state index in [2.05, 4.69) is 11.9 Å². The van der Waals surface area contributed by atoms with Crippen molar-refractivity contribution < 1.29 is 9.15 Å². The zero-order valence-corrected chi connectivity index (χ0v) is 6.96. The summed E-state index contributed by atoms with van der Waals surface area (Å²) in [6, 6.07) is 0. The zero-order valence-electron chi connectivity index (χ0n) is 6.96. The first-order valence-corrected chi connectivity index (χ1v) is 3.88. The lowest BCUT2D eigenvalue weighted by Crippen LogP contribution is -1.94. The molecule has 0 radical (unpaired) electrons. The van der Waals surface area contributed by atoms with Crippen LogP contribution in [0.25, 0.3) is 0 Å². The van der Waals surface area contributed by atoms with Crippen molar-refractivity contribution in [2.45, 2.75) is 26.7 Å². The summed E-state index contributed by atoms with van der Waals surface area (Å²) in [6.45, 7) is 4.63. The van der Waals surface area contributed by atoms with Gasteiger partial charge in [0.25, 0.3) is 0 Å². The first-order valence-electron chi connectivity index (χ1n) is 3.88. The Balaban J connectivity index is 2.27. The molecule has 3 heteroatoms. The molecule has 0 aromatic carbocycles. The minimum absolute atomic E-state index is 0.524. The van der Waals surface area contributed by atoms with Crippen molar-refractivity contribution >= 4 is 0 Å². The van der Waals surface area contributed by atoms with Crippen LogP contribution in [0.1, 0.15) is 25.7 Å². The standard InChI is InChI=1S/C8H13NO2/c1-3-4-5-10-8-6-9-7(2)11-8/h6H,3-5H2,1-2H3. The van der Waals surface area contributed by atoms with E-state index in [0.29, 0.717) is 18.4 Å². The van der Waals surface area contributed by atoms with Crippen molar-refractivity contribution in [2.75, 3.05) is 6.61 Å². The van der Waals surface area contributed by atoms with Gasteiger partial charge in [-0.1, -0.05) is 13.3 Å². The van der Waals surface area contributed by atoms with E-state index < -0.39 is 0 Å². The van der Waals surface area contributed by atoms with Gasteiger partial charge in [-0.3, -0.25) is 0 Å².